The van der Waals surface area contributed by atoms with Gasteiger partial charge in [0, 0.05) is 31.5 Å². The number of rotatable bonds is 8. The zero-order valence-corrected chi connectivity index (χ0v) is 18.5. The molecular weight excluding hydrogens is 394 g/mol. The zero-order chi connectivity index (χ0) is 22.2. The van der Waals surface area contributed by atoms with E-state index in [-0.39, 0.29) is 25.0 Å². The second-order valence-electron chi connectivity index (χ2n) is 7.93. The first-order chi connectivity index (χ1) is 14.9. The highest BCUT2D eigenvalue weighted by Crippen LogP contribution is 2.25. The Morgan fingerprint density at radius 3 is 2.45 bits per heavy atom. The molecule has 0 atom stereocenters. The first-order valence-corrected chi connectivity index (χ1v) is 10.6. The van der Waals surface area contributed by atoms with Crippen molar-refractivity contribution in [1.29, 1.82) is 0 Å². The highest BCUT2D eigenvalue weighted by atomic mass is 16.5. The molecule has 166 valence electrons. The van der Waals surface area contributed by atoms with Crippen molar-refractivity contribution in [3.8, 4) is 5.75 Å². The van der Waals surface area contributed by atoms with Crippen molar-refractivity contribution in [3.05, 3.63) is 54.1 Å². The van der Waals surface area contributed by atoms with Crippen molar-refractivity contribution < 1.29 is 19.1 Å². The molecule has 0 aliphatic carbocycles. The largest absolute Gasteiger partial charge is 0.483 e. The van der Waals surface area contributed by atoms with Crippen LogP contribution in [0.5, 0.6) is 5.75 Å². The van der Waals surface area contributed by atoms with Crippen LogP contribution in [0, 0.1) is 0 Å². The molecule has 1 aliphatic heterocycles. The molecule has 1 N–H and O–H groups in total. The van der Waals surface area contributed by atoms with Gasteiger partial charge in [-0.15, -0.1) is 0 Å². The Bertz CT molecular complexity index is 877. The summed E-state index contributed by atoms with van der Waals surface area (Å²) in [6, 6.07) is 15.4. The molecule has 7 nitrogen and oxygen atoms in total. The van der Waals surface area contributed by atoms with Gasteiger partial charge in [0.2, 0.25) is 5.91 Å². The maximum atomic E-state index is 12.4. The molecule has 3 rings (SSSR count). The number of amides is 2. The van der Waals surface area contributed by atoms with E-state index in [1.807, 2.05) is 48.5 Å². The maximum Gasteiger partial charge on any atom is 0.260 e. The number of carbonyl (C=O) groups excluding carboxylic acids is 2. The molecule has 31 heavy (non-hydrogen) atoms. The van der Waals surface area contributed by atoms with Gasteiger partial charge in [-0.2, -0.15) is 0 Å². The van der Waals surface area contributed by atoms with Crippen molar-refractivity contribution in [3.63, 3.8) is 0 Å². The summed E-state index contributed by atoms with van der Waals surface area (Å²) in [5.74, 6) is 0.488. The van der Waals surface area contributed by atoms with Crippen LogP contribution in [0.25, 0.3) is 0 Å². The highest BCUT2D eigenvalue weighted by molar-refractivity contribution is 5.94. The van der Waals surface area contributed by atoms with Crippen molar-refractivity contribution in [1.82, 2.24) is 4.90 Å². The van der Waals surface area contributed by atoms with Gasteiger partial charge in [-0.1, -0.05) is 32.0 Å². The van der Waals surface area contributed by atoms with E-state index in [1.54, 1.807) is 7.05 Å². The van der Waals surface area contributed by atoms with Crippen LogP contribution in [0.3, 0.4) is 0 Å². The number of hydrogen-bond donors (Lipinski definition) is 1. The Morgan fingerprint density at radius 1 is 1.10 bits per heavy atom. The minimum absolute atomic E-state index is 0.0424. The van der Waals surface area contributed by atoms with E-state index in [0.717, 1.165) is 37.6 Å². The lowest BCUT2D eigenvalue weighted by atomic mass is 10.0. The van der Waals surface area contributed by atoms with Gasteiger partial charge >= 0.3 is 0 Å². The van der Waals surface area contributed by atoms with E-state index in [4.69, 9.17) is 9.47 Å². The maximum absolute atomic E-state index is 12.4. The van der Waals surface area contributed by atoms with Crippen LogP contribution in [-0.4, -0.2) is 63.2 Å². The molecule has 0 saturated carbocycles. The molecule has 0 spiro atoms. The van der Waals surface area contributed by atoms with Crippen LogP contribution in [0.2, 0.25) is 0 Å². The minimum atomic E-state index is -0.253. The summed E-state index contributed by atoms with van der Waals surface area (Å²) in [7, 11) is 1.60. The summed E-state index contributed by atoms with van der Waals surface area (Å²) in [6.07, 6.45) is 0. The zero-order valence-electron chi connectivity index (χ0n) is 18.5. The molecule has 0 aromatic heterocycles. The predicted octanol–water partition coefficient (Wildman–Crippen LogP) is 3.12. The molecule has 1 saturated heterocycles. The van der Waals surface area contributed by atoms with Gasteiger partial charge in [-0.3, -0.25) is 9.59 Å². The summed E-state index contributed by atoms with van der Waals surface area (Å²) in [6.45, 7) is 7.19. The van der Waals surface area contributed by atoms with Gasteiger partial charge in [0.1, 0.15) is 5.75 Å². The van der Waals surface area contributed by atoms with Crippen molar-refractivity contribution in [2.24, 2.45) is 0 Å². The topological polar surface area (TPSA) is 71.1 Å². The number of carbonyl (C=O) groups is 2. The monoisotopic (exact) mass is 425 g/mol. The van der Waals surface area contributed by atoms with Gasteiger partial charge in [0.05, 0.1) is 19.8 Å². The normalized spacial score (nSPS) is 13.7. The number of benzene rings is 2. The summed E-state index contributed by atoms with van der Waals surface area (Å²) >= 11 is 0. The fraction of sp³-hybridized carbons (Fsp3) is 0.417. The Morgan fingerprint density at radius 2 is 1.77 bits per heavy atom. The van der Waals surface area contributed by atoms with Gasteiger partial charge < -0.3 is 24.6 Å². The van der Waals surface area contributed by atoms with Gasteiger partial charge in [0.15, 0.2) is 6.61 Å². The highest BCUT2D eigenvalue weighted by Gasteiger charge is 2.16. The first kappa shape index (κ1) is 22.6. The van der Waals surface area contributed by atoms with Crippen LogP contribution in [0.1, 0.15) is 25.3 Å². The third-order valence-electron chi connectivity index (χ3n) is 5.23. The number of ether oxygens (including phenoxy) is 2. The van der Waals surface area contributed by atoms with Crippen molar-refractivity contribution in [2.75, 3.05) is 56.7 Å². The van der Waals surface area contributed by atoms with Crippen LogP contribution in [0.15, 0.2) is 48.5 Å². The van der Waals surface area contributed by atoms with E-state index >= 15 is 0 Å². The summed E-state index contributed by atoms with van der Waals surface area (Å²) in [5.41, 5.74) is 2.86. The average Bonchev–Trinajstić information content (AvgIpc) is 2.78. The Balaban J connectivity index is 1.47. The molecule has 7 heteroatoms. The third-order valence-corrected chi connectivity index (χ3v) is 5.23. The van der Waals surface area contributed by atoms with E-state index in [1.165, 1.54) is 4.90 Å². The van der Waals surface area contributed by atoms with Crippen molar-refractivity contribution >= 4 is 23.2 Å². The fourth-order valence-corrected chi connectivity index (χ4v) is 3.42. The number of para-hydroxylation sites is 1. The molecule has 2 amide bonds. The predicted molar refractivity (Wildman–Crippen MR) is 122 cm³/mol. The second-order valence-corrected chi connectivity index (χ2v) is 7.93. The van der Waals surface area contributed by atoms with Gasteiger partial charge in [0.25, 0.3) is 5.91 Å². The van der Waals surface area contributed by atoms with Gasteiger partial charge in [-0.25, -0.2) is 0 Å². The lowest BCUT2D eigenvalue weighted by Gasteiger charge is -2.28. The number of hydrogen-bond acceptors (Lipinski definition) is 5. The minimum Gasteiger partial charge on any atom is -0.483 e. The van der Waals surface area contributed by atoms with Crippen LogP contribution >= 0.6 is 0 Å². The fourth-order valence-electron chi connectivity index (χ4n) is 3.42. The Hall–Kier alpha value is -3.06. The van der Waals surface area contributed by atoms with E-state index in [0.29, 0.717) is 17.4 Å². The SMILES string of the molecule is CC(C)c1ccccc1OCC(=O)N(C)CC(=O)Nc1ccc(N2CCOCC2)cc1. The number of nitrogens with one attached hydrogen (secondary N) is 1. The van der Waals surface area contributed by atoms with Crippen LogP contribution in [-0.2, 0) is 14.3 Å². The first-order valence-electron chi connectivity index (χ1n) is 10.6. The molecule has 1 fully saturated rings. The van der Waals surface area contributed by atoms with E-state index in [9.17, 15) is 9.59 Å². The third kappa shape index (κ3) is 6.46. The van der Waals surface area contributed by atoms with Crippen molar-refractivity contribution in [2.45, 2.75) is 19.8 Å². The standard InChI is InChI=1S/C24H31N3O4/c1-18(2)21-6-4-5-7-22(21)31-17-24(29)26(3)16-23(28)25-19-8-10-20(11-9-19)27-12-14-30-15-13-27/h4-11,18H,12-17H2,1-3H3,(H,25,28). The summed E-state index contributed by atoms with van der Waals surface area (Å²) in [5, 5.41) is 2.84. The number of nitrogens with zero attached hydrogens (tertiary/aromatic N) is 2. The number of anilines is 2. The van der Waals surface area contributed by atoms with E-state index < -0.39 is 0 Å². The molecular formula is C24H31N3O4. The lowest BCUT2D eigenvalue weighted by Crippen LogP contribution is -2.37. The summed E-state index contributed by atoms with van der Waals surface area (Å²) < 4.78 is 11.1. The number of likely N-dealkylation sites (N-methyl/N-ethyl adjacent to an activating group) is 1. The van der Waals surface area contributed by atoms with Crippen LogP contribution < -0.4 is 15.0 Å². The smallest absolute Gasteiger partial charge is 0.260 e. The molecule has 0 unspecified atom stereocenters. The Labute approximate surface area is 183 Å². The van der Waals surface area contributed by atoms with Gasteiger partial charge in [-0.05, 0) is 41.8 Å². The molecule has 2 aromatic rings. The van der Waals surface area contributed by atoms with Crippen LogP contribution in [0.4, 0.5) is 11.4 Å². The lowest BCUT2D eigenvalue weighted by molar-refractivity contribution is -0.135. The van der Waals surface area contributed by atoms with E-state index in [2.05, 4.69) is 24.1 Å². The molecule has 1 aliphatic rings. The Kier molecular flexibility index (Phi) is 7.89. The summed E-state index contributed by atoms with van der Waals surface area (Å²) in [4.78, 5) is 28.4. The molecule has 0 bridgehead atoms. The number of morpholine rings is 1. The second kappa shape index (κ2) is 10.8. The molecule has 1 heterocycles. The average molecular weight is 426 g/mol. The molecule has 2 aromatic carbocycles. The molecule has 0 radical (unpaired) electrons. The quantitative estimate of drug-likeness (QED) is 0.704.